The third kappa shape index (κ3) is 3.93. The van der Waals surface area contributed by atoms with Crippen molar-refractivity contribution in [2.45, 2.75) is 19.3 Å². The highest BCUT2D eigenvalue weighted by atomic mass is 35.5. The zero-order valence-electron chi connectivity index (χ0n) is 15.0. The van der Waals surface area contributed by atoms with Gasteiger partial charge in [0.05, 0.1) is 5.92 Å². The Bertz CT molecular complexity index is 847. The van der Waals surface area contributed by atoms with Crippen molar-refractivity contribution in [1.82, 2.24) is 0 Å². The first-order valence-electron chi connectivity index (χ1n) is 9.32. The molecule has 2 heterocycles. The predicted octanol–water partition coefficient (Wildman–Crippen LogP) is 3.93. The van der Waals surface area contributed by atoms with E-state index in [1.165, 1.54) is 18.5 Å². The second-order valence-corrected chi connectivity index (χ2v) is 7.55. The van der Waals surface area contributed by atoms with Gasteiger partial charge in [-0.2, -0.15) is 0 Å². The van der Waals surface area contributed by atoms with Crippen molar-refractivity contribution in [3.8, 4) is 0 Å². The number of hydrogen-bond donors (Lipinski definition) is 1. The van der Waals surface area contributed by atoms with E-state index >= 15 is 0 Å². The highest BCUT2D eigenvalue weighted by Gasteiger charge is 2.35. The van der Waals surface area contributed by atoms with E-state index in [1.54, 1.807) is 29.2 Å². The molecule has 2 saturated heterocycles. The van der Waals surface area contributed by atoms with Crippen molar-refractivity contribution in [3.63, 3.8) is 0 Å². The number of rotatable bonds is 4. The summed E-state index contributed by atoms with van der Waals surface area (Å²) in [5.74, 6) is -0.535. The van der Waals surface area contributed by atoms with E-state index in [1.807, 2.05) is 12.1 Å². The van der Waals surface area contributed by atoms with Crippen LogP contribution in [0.1, 0.15) is 19.3 Å². The second-order valence-electron chi connectivity index (χ2n) is 7.12. The van der Waals surface area contributed by atoms with E-state index in [2.05, 4.69) is 22.3 Å². The molecule has 27 heavy (non-hydrogen) atoms. The van der Waals surface area contributed by atoms with Gasteiger partial charge in [-0.25, -0.2) is 0 Å². The van der Waals surface area contributed by atoms with Crippen LogP contribution in [0, 0.1) is 5.92 Å². The molecule has 5 nitrogen and oxygen atoms in total. The Kier molecular flexibility index (Phi) is 5.03. The monoisotopic (exact) mass is 383 g/mol. The van der Waals surface area contributed by atoms with Gasteiger partial charge in [-0.15, -0.1) is 0 Å². The number of carbonyl (C=O) groups is 2. The summed E-state index contributed by atoms with van der Waals surface area (Å²) in [6.45, 7) is 2.58. The number of amides is 2. The van der Waals surface area contributed by atoms with Crippen molar-refractivity contribution in [2.24, 2.45) is 5.92 Å². The average Bonchev–Trinajstić information content (AvgIpc) is 3.32. The third-order valence-electron chi connectivity index (χ3n) is 5.22. The number of halogens is 1. The van der Waals surface area contributed by atoms with Gasteiger partial charge in [0.25, 0.3) is 0 Å². The van der Waals surface area contributed by atoms with Crippen molar-refractivity contribution in [3.05, 3.63) is 53.6 Å². The number of nitrogens with one attached hydrogen (secondary N) is 1. The van der Waals surface area contributed by atoms with E-state index in [9.17, 15) is 9.59 Å². The van der Waals surface area contributed by atoms with Crippen LogP contribution >= 0.6 is 11.6 Å². The molecule has 0 aromatic heterocycles. The van der Waals surface area contributed by atoms with E-state index in [0.29, 0.717) is 17.3 Å². The fourth-order valence-electron chi connectivity index (χ4n) is 3.76. The molecule has 2 aliphatic heterocycles. The number of nitrogens with zero attached hydrogens (tertiary/aromatic N) is 2. The van der Waals surface area contributed by atoms with E-state index in [-0.39, 0.29) is 24.2 Å². The Morgan fingerprint density at radius 1 is 1.04 bits per heavy atom. The fraction of sp³-hybridized carbons (Fsp3) is 0.333. The Hall–Kier alpha value is -2.53. The molecule has 0 radical (unpaired) electrons. The molecule has 2 aliphatic rings. The largest absolute Gasteiger partial charge is 0.372 e. The number of benzene rings is 2. The Balaban J connectivity index is 1.41. The van der Waals surface area contributed by atoms with Gasteiger partial charge in [-0.3, -0.25) is 9.59 Å². The van der Waals surface area contributed by atoms with Crippen LogP contribution in [-0.4, -0.2) is 31.4 Å². The first-order valence-corrected chi connectivity index (χ1v) is 9.70. The zero-order chi connectivity index (χ0) is 18.8. The lowest BCUT2D eigenvalue weighted by Crippen LogP contribution is -2.28. The molecule has 1 unspecified atom stereocenters. The molecule has 2 amide bonds. The summed E-state index contributed by atoms with van der Waals surface area (Å²) in [4.78, 5) is 29.1. The van der Waals surface area contributed by atoms with Crippen molar-refractivity contribution in [2.75, 3.05) is 34.8 Å². The summed E-state index contributed by atoms with van der Waals surface area (Å²) in [5, 5.41) is 3.42. The van der Waals surface area contributed by atoms with E-state index < -0.39 is 0 Å². The van der Waals surface area contributed by atoms with E-state index in [0.717, 1.165) is 18.8 Å². The van der Waals surface area contributed by atoms with Crippen molar-refractivity contribution in [1.29, 1.82) is 0 Å². The van der Waals surface area contributed by atoms with E-state index in [4.69, 9.17) is 11.6 Å². The lowest BCUT2D eigenvalue weighted by Gasteiger charge is -2.20. The normalized spacial score (nSPS) is 19.6. The maximum Gasteiger partial charge on any atom is 0.229 e. The van der Waals surface area contributed by atoms with Gasteiger partial charge in [-0.1, -0.05) is 17.7 Å². The first-order chi connectivity index (χ1) is 13.1. The highest BCUT2D eigenvalue weighted by molar-refractivity contribution is 6.30. The Morgan fingerprint density at radius 3 is 2.44 bits per heavy atom. The molecule has 0 bridgehead atoms. The molecule has 2 aromatic carbocycles. The van der Waals surface area contributed by atoms with Crippen molar-refractivity contribution >= 4 is 40.5 Å². The van der Waals surface area contributed by atoms with Gasteiger partial charge in [0.2, 0.25) is 11.8 Å². The van der Waals surface area contributed by atoms with Crippen LogP contribution in [0.15, 0.2) is 48.5 Å². The fourth-order valence-corrected chi connectivity index (χ4v) is 3.95. The minimum absolute atomic E-state index is 0.0184. The lowest BCUT2D eigenvalue weighted by atomic mass is 10.1. The van der Waals surface area contributed by atoms with Crippen LogP contribution in [0.5, 0.6) is 0 Å². The molecule has 0 aliphatic carbocycles. The highest BCUT2D eigenvalue weighted by Crippen LogP contribution is 2.29. The quantitative estimate of drug-likeness (QED) is 0.870. The summed E-state index contributed by atoms with van der Waals surface area (Å²) >= 11 is 5.96. The van der Waals surface area contributed by atoms with Crippen LogP contribution < -0.4 is 15.1 Å². The standard InChI is InChI=1S/C21H22ClN3O2/c22-16-4-3-5-17(13-16)23-21(27)15-12-20(26)25(14-15)19-8-6-18(7-9-19)24-10-1-2-11-24/h3-9,13,15H,1-2,10-12,14H2,(H,23,27). The SMILES string of the molecule is O=C(Nc1cccc(Cl)c1)C1CC(=O)N(c2ccc(N3CCCC3)cc2)C1. The summed E-state index contributed by atoms with van der Waals surface area (Å²) in [6.07, 6.45) is 2.69. The summed E-state index contributed by atoms with van der Waals surface area (Å²) in [7, 11) is 0. The number of anilines is 3. The molecule has 140 valence electrons. The smallest absolute Gasteiger partial charge is 0.229 e. The second kappa shape index (κ2) is 7.61. The maximum atomic E-state index is 12.5. The molecule has 2 aromatic rings. The summed E-state index contributed by atoms with van der Waals surface area (Å²) in [6, 6.07) is 15.1. The minimum atomic E-state index is -0.366. The van der Waals surface area contributed by atoms with Crippen LogP contribution in [0.4, 0.5) is 17.1 Å². The number of hydrogen-bond acceptors (Lipinski definition) is 3. The minimum Gasteiger partial charge on any atom is -0.372 e. The first kappa shape index (κ1) is 17.9. The Labute approximate surface area is 163 Å². The molecule has 0 saturated carbocycles. The van der Waals surface area contributed by atoms with Gasteiger partial charge >= 0.3 is 0 Å². The van der Waals surface area contributed by atoms with Gasteiger partial charge < -0.3 is 15.1 Å². The zero-order valence-corrected chi connectivity index (χ0v) is 15.8. The van der Waals surface area contributed by atoms with Crippen LogP contribution in [0.2, 0.25) is 5.02 Å². The molecule has 1 atom stereocenters. The number of carbonyl (C=O) groups excluding carboxylic acids is 2. The maximum absolute atomic E-state index is 12.5. The Morgan fingerprint density at radius 2 is 1.74 bits per heavy atom. The van der Waals surface area contributed by atoms with Gasteiger partial charge in [0, 0.05) is 48.1 Å². The van der Waals surface area contributed by atoms with Crippen LogP contribution in [0.25, 0.3) is 0 Å². The van der Waals surface area contributed by atoms with Crippen molar-refractivity contribution < 1.29 is 9.59 Å². The molecular formula is C21H22ClN3O2. The van der Waals surface area contributed by atoms with Gasteiger partial charge in [0.15, 0.2) is 0 Å². The molecule has 6 heteroatoms. The molecule has 4 rings (SSSR count). The third-order valence-corrected chi connectivity index (χ3v) is 5.46. The average molecular weight is 384 g/mol. The lowest BCUT2D eigenvalue weighted by molar-refractivity contribution is -0.122. The molecule has 1 N–H and O–H groups in total. The predicted molar refractivity (Wildman–Crippen MR) is 108 cm³/mol. The van der Waals surface area contributed by atoms with Crippen LogP contribution in [-0.2, 0) is 9.59 Å². The molecule has 0 spiro atoms. The topological polar surface area (TPSA) is 52.7 Å². The van der Waals surface area contributed by atoms with Gasteiger partial charge in [-0.05, 0) is 55.3 Å². The van der Waals surface area contributed by atoms with Crippen LogP contribution in [0.3, 0.4) is 0 Å². The molecule has 2 fully saturated rings. The summed E-state index contributed by atoms with van der Waals surface area (Å²) in [5.41, 5.74) is 2.69. The molecular weight excluding hydrogens is 362 g/mol. The van der Waals surface area contributed by atoms with Gasteiger partial charge in [0.1, 0.15) is 0 Å². The summed E-state index contributed by atoms with van der Waals surface area (Å²) < 4.78 is 0.